The minimum atomic E-state index is -3.92. The van der Waals surface area contributed by atoms with Crippen LogP contribution in [0.15, 0.2) is 57.9 Å². The summed E-state index contributed by atoms with van der Waals surface area (Å²) in [6.07, 6.45) is 0.941. The zero-order valence-electron chi connectivity index (χ0n) is 17.8. The highest BCUT2D eigenvalue weighted by Gasteiger charge is 2.29. The Hall–Kier alpha value is -3.04. The maximum absolute atomic E-state index is 12.7. The average Bonchev–Trinajstić information content (AvgIpc) is 3.27. The van der Waals surface area contributed by atoms with Gasteiger partial charge in [-0.05, 0) is 54.3 Å². The number of nitrogens with zero attached hydrogens (tertiary/aromatic N) is 2. The second kappa shape index (κ2) is 9.40. The molecule has 0 saturated carbocycles. The van der Waals surface area contributed by atoms with Gasteiger partial charge < -0.3 is 9.26 Å². The summed E-state index contributed by atoms with van der Waals surface area (Å²) in [5, 5.41) is 3.99. The third kappa shape index (κ3) is 5.18. The molecule has 0 fully saturated rings. The fourth-order valence-electron chi connectivity index (χ4n) is 2.94. The summed E-state index contributed by atoms with van der Waals surface area (Å²) in [6.45, 7) is 5.55. The fraction of sp³-hybridized carbons (Fsp3) is 0.318. The molecular weight excluding hydrogens is 418 g/mol. The number of sulfonamides is 1. The first kappa shape index (κ1) is 22.6. The third-order valence-electron chi connectivity index (χ3n) is 4.86. The molecule has 0 aliphatic heterocycles. The Morgan fingerprint density at radius 2 is 1.68 bits per heavy atom. The molecule has 164 valence electrons. The number of aromatic nitrogens is 2. The summed E-state index contributed by atoms with van der Waals surface area (Å²) in [7, 11) is -2.70. The van der Waals surface area contributed by atoms with E-state index in [1.807, 2.05) is 24.3 Å². The number of hydrogen-bond acceptors (Lipinski definition) is 7. The van der Waals surface area contributed by atoms with Gasteiger partial charge in [0.15, 0.2) is 0 Å². The number of carbonyl (C=O) groups excluding carboxylic acids is 1. The number of carbonyl (C=O) groups is 1. The van der Waals surface area contributed by atoms with E-state index in [1.165, 1.54) is 24.8 Å². The maximum atomic E-state index is 12.7. The van der Waals surface area contributed by atoms with Crippen LogP contribution >= 0.6 is 0 Å². The molecule has 3 aromatic rings. The molecule has 1 N–H and O–H groups in total. The Bertz CT molecular complexity index is 1140. The normalized spacial score (nSPS) is 12.7. The van der Waals surface area contributed by atoms with E-state index in [-0.39, 0.29) is 10.8 Å². The number of methoxy groups -OCH3 is 1. The standard InChI is InChI=1S/C22H25N3O5S/c1-5-15-6-8-17(9-7-15)21-23-20(24-30-21)16-10-12-18(13-11-16)31(27,28)25-19(14(2)3)22(26)29-4/h6-14,19,25H,5H2,1-4H3/t19-/m0/s1. The lowest BCUT2D eigenvalue weighted by Gasteiger charge is -2.19. The molecular formula is C22H25N3O5S. The number of aryl methyl sites for hydroxylation is 1. The van der Waals surface area contributed by atoms with Gasteiger partial charge in [-0.15, -0.1) is 0 Å². The number of nitrogens with one attached hydrogen (secondary N) is 1. The first-order valence-corrected chi connectivity index (χ1v) is 11.4. The molecule has 0 spiro atoms. The molecule has 0 bridgehead atoms. The van der Waals surface area contributed by atoms with E-state index in [4.69, 9.17) is 9.26 Å². The van der Waals surface area contributed by atoms with Gasteiger partial charge in [0.05, 0.1) is 12.0 Å². The molecule has 0 saturated heterocycles. The molecule has 2 aromatic carbocycles. The first-order valence-electron chi connectivity index (χ1n) is 9.88. The molecule has 31 heavy (non-hydrogen) atoms. The van der Waals surface area contributed by atoms with Crippen molar-refractivity contribution in [2.24, 2.45) is 5.92 Å². The van der Waals surface area contributed by atoms with E-state index in [2.05, 4.69) is 21.8 Å². The van der Waals surface area contributed by atoms with Crippen LogP contribution < -0.4 is 4.72 Å². The van der Waals surface area contributed by atoms with Gasteiger partial charge >= 0.3 is 5.97 Å². The van der Waals surface area contributed by atoms with Gasteiger partial charge in [-0.25, -0.2) is 8.42 Å². The van der Waals surface area contributed by atoms with Gasteiger partial charge in [0, 0.05) is 11.1 Å². The Morgan fingerprint density at radius 3 is 2.23 bits per heavy atom. The quantitative estimate of drug-likeness (QED) is 0.531. The summed E-state index contributed by atoms with van der Waals surface area (Å²) in [4.78, 5) is 16.3. The minimum absolute atomic E-state index is 0.0182. The topological polar surface area (TPSA) is 111 Å². The predicted octanol–water partition coefficient (Wildman–Crippen LogP) is 3.44. The Balaban J connectivity index is 1.79. The second-order valence-corrected chi connectivity index (χ2v) is 9.08. The molecule has 1 atom stereocenters. The van der Waals surface area contributed by atoms with Crippen molar-refractivity contribution in [2.75, 3.05) is 7.11 Å². The Morgan fingerprint density at radius 1 is 1.06 bits per heavy atom. The van der Waals surface area contributed by atoms with Crippen LogP contribution in [-0.4, -0.2) is 37.7 Å². The minimum Gasteiger partial charge on any atom is -0.468 e. The van der Waals surface area contributed by atoms with Crippen molar-refractivity contribution in [1.29, 1.82) is 0 Å². The zero-order chi connectivity index (χ0) is 22.6. The van der Waals surface area contributed by atoms with Crippen LogP contribution in [0.25, 0.3) is 22.8 Å². The van der Waals surface area contributed by atoms with Gasteiger partial charge in [-0.2, -0.15) is 9.71 Å². The Labute approximate surface area is 181 Å². The number of hydrogen-bond donors (Lipinski definition) is 1. The second-order valence-electron chi connectivity index (χ2n) is 7.36. The third-order valence-corrected chi connectivity index (χ3v) is 6.32. The fourth-order valence-corrected chi connectivity index (χ4v) is 4.28. The molecule has 1 heterocycles. The smallest absolute Gasteiger partial charge is 0.324 e. The molecule has 0 aliphatic rings. The lowest BCUT2D eigenvalue weighted by molar-refractivity contribution is -0.143. The highest BCUT2D eigenvalue weighted by atomic mass is 32.2. The van der Waals surface area contributed by atoms with Crippen LogP contribution in [0.1, 0.15) is 26.3 Å². The molecule has 0 aliphatic carbocycles. The Kier molecular flexibility index (Phi) is 6.87. The van der Waals surface area contributed by atoms with Crippen molar-refractivity contribution < 1.29 is 22.5 Å². The first-order chi connectivity index (χ1) is 14.7. The summed E-state index contributed by atoms with van der Waals surface area (Å²) in [5.74, 6) is -0.179. The summed E-state index contributed by atoms with van der Waals surface area (Å²) < 4.78 is 37.8. The van der Waals surface area contributed by atoms with Crippen LogP contribution in [0.4, 0.5) is 0 Å². The molecule has 0 amide bonds. The van der Waals surface area contributed by atoms with E-state index in [9.17, 15) is 13.2 Å². The van der Waals surface area contributed by atoms with Crippen LogP contribution in [0.5, 0.6) is 0 Å². The summed E-state index contributed by atoms with van der Waals surface area (Å²) >= 11 is 0. The molecule has 0 radical (unpaired) electrons. The van der Waals surface area contributed by atoms with E-state index in [0.29, 0.717) is 17.3 Å². The van der Waals surface area contributed by atoms with Crippen LogP contribution in [0.2, 0.25) is 0 Å². The molecule has 1 aromatic heterocycles. The van der Waals surface area contributed by atoms with Crippen LogP contribution in [-0.2, 0) is 26.0 Å². The van der Waals surface area contributed by atoms with Gasteiger partial charge in [0.2, 0.25) is 15.8 Å². The van der Waals surface area contributed by atoms with Crippen LogP contribution in [0.3, 0.4) is 0 Å². The van der Waals surface area contributed by atoms with Crippen molar-refractivity contribution in [3.8, 4) is 22.8 Å². The molecule has 8 nitrogen and oxygen atoms in total. The summed E-state index contributed by atoms with van der Waals surface area (Å²) in [5.41, 5.74) is 2.62. The average molecular weight is 444 g/mol. The van der Waals surface area contributed by atoms with Crippen LogP contribution in [0, 0.1) is 5.92 Å². The van der Waals surface area contributed by atoms with Crippen molar-refractivity contribution in [3.63, 3.8) is 0 Å². The predicted molar refractivity (Wildman–Crippen MR) is 116 cm³/mol. The van der Waals surface area contributed by atoms with Crippen molar-refractivity contribution in [2.45, 2.75) is 38.1 Å². The molecule has 3 rings (SSSR count). The number of esters is 1. The van der Waals surface area contributed by atoms with Gasteiger partial charge in [-0.3, -0.25) is 4.79 Å². The van der Waals surface area contributed by atoms with Gasteiger partial charge in [0.25, 0.3) is 5.89 Å². The van der Waals surface area contributed by atoms with Gasteiger partial charge in [0.1, 0.15) is 6.04 Å². The molecule has 0 unspecified atom stereocenters. The maximum Gasteiger partial charge on any atom is 0.324 e. The van der Waals surface area contributed by atoms with E-state index in [1.54, 1.807) is 26.0 Å². The van der Waals surface area contributed by atoms with E-state index < -0.39 is 22.0 Å². The SMILES string of the molecule is CCc1ccc(-c2nc(-c3ccc(S(=O)(=O)N[C@H](C(=O)OC)C(C)C)cc3)no2)cc1. The van der Waals surface area contributed by atoms with E-state index in [0.717, 1.165) is 12.0 Å². The summed E-state index contributed by atoms with van der Waals surface area (Å²) in [6, 6.07) is 12.9. The van der Waals surface area contributed by atoms with E-state index >= 15 is 0 Å². The van der Waals surface area contributed by atoms with Crippen molar-refractivity contribution in [1.82, 2.24) is 14.9 Å². The number of ether oxygens (including phenoxy) is 1. The zero-order valence-corrected chi connectivity index (χ0v) is 18.6. The van der Waals surface area contributed by atoms with Crippen molar-refractivity contribution in [3.05, 3.63) is 54.1 Å². The highest BCUT2D eigenvalue weighted by Crippen LogP contribution is 2.24. The molecule has 9 heteroatoms. The van der Waals surface area contributed by atoms with Gasteiger partial charge in [-0.1, -0.05) is 38.1 Å². The lowest BCUT2D eigenvalue weighted by Crippen LogP contribution is -2.44. The van der Waals surface area contributed by atoms with Crippen molar-refractivity contribution >= 4 is 16.0 Å². The lowest BCUT2D eigenvalue weighted by atomic mass is 10.1. The largest absolute Gasteiger partial charge is 0.468 e. The number of benzene rings is 2. The highest BCUT2D eigenvalue weighted by molar-refractivity contribution is 7.89. The monoisotopic (exact) mass is 443 g/mol. The number of rotatable bonds is 8.